The second-order valence-corrected chi connectivity index (χ2v) is 7.63. The van der Waals surface area contributed by atoms with Crippen molar-refractivity contribution in [2.45, 2.75) is 13.8 Å². The smallest absolute Gasteiger partial charge is 0.211 e. The number of phenolic OH excluding ortho intramolecular Hbond substituents is 1. The van der Waals surface area contributed by atoms with Crippen LogP contribution in [-0.2, 0) is 0 Å². The highest BCUT2D eigenvalue weighted by atomic mass is 32.1. The number of hydrogen-bond donors (Lipinski definition) is 4. The Bertz CT molecular complexity index is 1290. The van der Waals surface area contributed by atoms with Gasteiger partial charge in [-0.15, -0.1) is 5.10 Å². The number of phenols is 1. The van der Waals surface area contributed by atoms with Gasteiger partial charge in [0.2, 0.25) is 5.96 Å². The third-order valence-corrected chi connectivity index (χ3v) is 5.70. The topological polar surface area (TPSA) is 122 Å². The lowest BCUT2D eigenvalue weighted by Gasteiger charge is -2.05. The van der Waals surface area contributed by atoms with E-state index < -0.39 is 0 Å². The molecule has 7 nitrogen and oxygen atoms in total. The molecule has 0 aliphatic rings. The molecular weight excluding hydrogens is 384 g/mol. The highest BCUT2D eigenvalue weighted by Crippen LogP contribution is 2.41. The lowest BCUT2D eigenvalue weighted by atomic mass is 10.0. The standard InChI is InChI=1S/C21H20N6OS/c1-11-18(28)16-9-4-3-8-15(16)17-19(11)29-21(25-17)24-14-7-5-6-13(10-14)12(2)26-27-20(22)23/h3-10,28H,1-2H3,(H,24,25)(H4,22,23,27). The van der Waals surface area contributed by atoms with Crippen molar-refractivity contribution in [1.29, 1.82) is 0 Å². The number of nitrogens with one attached hydrogen (secondary N) is 1. The van der Waals surface area contributed by atoms with E-state index in [1.165, 1.54) is 11.3 Å². The SMILES string of the molecule is CC(=NN=C(N)N)c1cccc(Nc2nc3c(s2)c(C)c(O)c2ccccc23)c1. The van der Waals surface area contributed by atoms with Crippen LogP contribution >= 0.6 is 11.3 Å². The minimum absolute atomic E-state index is 0.0843. The van der Waals surface area contributed by atoms with Gasteiger partial charge in [0.05, 0.1) is 15.9 Å². The molecule has 3 aromatic carbocycles. The number of benzene rings is 3. The summed E-state index contributed by atoms with van der Waals surface area (Å²) in [5, 5.41) is 24.1. The average molecular weight is 404 g/mol. The van der Waals surface area contributed by atoms with Gasteiger partial charge in [-0.1, -0.05) is 47.7 Å². The Balaban J connectivity index is 1.73. The van der Waals surface area contributed by atoms with Crippen molar-refractivity contribution in [3.05, 3.63) is 59.7 Å². The van der Waals surface area contributed by atoms with E-state index in [0.29, 0.717) is 11.5 Å². The van der Waals surface area contributed by atoms with Gasteiger partial charge in [0.25, 0.3) is 0 Å². The van der Waals surface area contributed by atoms with Crippen LogP contribution < -0.4 is 16.8 Å². The first kappa shape index (κ1) is 18.7. The van der Waals surface area contributed by atoms with E-state index in [2.05, 4.69) is 15.5 Å². The molecule has 4 aromatic rings. The zero-order valence-electron chi connectivity index (χ0n) is 16.0. The summed E-state index contributed by atoms with van der Waals surface area (Å²) in [6.07, 6.45) is 0. The van der Waals surface area contributed by atoms with Crippen molar-refractivity contribution >= 4 is 54.8 Å². The molecule has 0 aliphatic heterocycles. The van der Waals surface area contributed by atoms with Gasteiger partial charge >= 0.3 is 0 Å². The van der Waals surface area contributed by atoms with Crippen LogP contribution in [0.4, 0.5) is 10.8 Å². The fourth-order valence-electron chi connectivity index (χ4n) is 3.15. The Morgan fingerprint density at radius 3 is 2.59 bits per heavy atom. The van der Waals surface area contributed by atoms with Gasteiger partial charge in [0, 0.05) is 22.0 Å². The average Bonchev–Trinajstić information content (AvgIpc) is 3.14. The van der Waals surface area contributed by atoms with Gasteiger partial charge in [-0.05, 0) is 31.5 Å². The van der Waals surface area contributed by atoms with Crippen LogP contribution in [0, 0.1) is 6.92 Å². The van der Waals surface area contributed by atoms with Gasteiger partial charge in [0.1, 0.15) is 5.75 Å². The molecule has 0 saturated heterocycles. The Morgan fingerprint density at radius 1 is 1.07 bits per heavy atom. The molecule has 1 aromatic heterocycles. The maximum atomic E-state index is 10.6. The van der Waals surface area contributed by atoms with Crippen molar-refractivity contribution in [3.8, 4) is 5.75 Å². The second kappa shape index (κ2) is 7.40. The molecule has 0 fully saturated rings. The molecule has 8 heteroatoms. The number of anilines is 2. The minimum atomic E-state index is -0.0843. The van der Waals surface area contributed by atoms with Gasteiger partial charge < -0.3 is 21.9 Å². The minimum Gasteiger partial charge on any atom is -0.507 e. The van der Waals surface area contributed by atoms with E-state index in [-0.39, 0.29) is 5.96 Å². The molecule has 1 heterocycles. The molecule has 0 bridgehead atoms. The summed E-state index contributed by atoms with van der Waals surface area (Å²) in [7, 11) is 0. The van der Waals surface area contributed by atoms with E-state index >= 15 is 0 Å². The van der Waals surface area contributed by atoms with E-state index in [4.69, 9.17) is 16.5 Å². The quantitative estimate of drug-likeness (QED) is 0.231. The maximum absolute atomic E-state index is 10.6. The summed E-state index contributed by atoms with van der Waals surface area (Å²) in [5.41, 5.74) is 14.8. The fraction of sp³-hybridized carbons (Fsp3) is 0.0952. The van der Waals surface area contributed by atoms with Gasteiger partial charge in [0.15, 0.2) is 5.13 Å². The molecule has 0 saturated carbocycles. The van der Waals surface area contributed by atoms with Crippen molar-refractivity contribution in [3.63, 3.8) is 0 Å². The highest BCUT2D eigenvalue weighted by Gasteiger charge is 2.15. The monoisotopic (exact) mass is 404 g/mol. The van der Waals surface area contributed by atoms with Crippen molar-refractivity contribution in [2.24, 2.45) is 21.7 Å². The molecule has 0 unspecified atom stereocenters. The summed E-state index contributed by atoms with van der Waals surface area (Å²) in [6.45, 7) is 3.75. The zero-order chi connectivity index (χ0) is 20.5. The molecule has 0 spiro atoms. The second-order valence-electron chi connectivity index (χ2n) is 6.63. The van der Waals surface area contributed by atoms with Crippen LogP contribution in [0.2, 0.25) is 0 Å². The Kier molecular flexibility index (Phi) is 4.77. The van der Waals surface area contributed by atoms with Crippen LogP contribution in [0.25, 0.3) is 21.0 Å². The predicted octanol–water partition coefficient (Wildman–Crippen LogP) is 4.20. The Labute approximate surface area is 171 Å². The fourth-order valence-corrected chi connectivity index (χ4v) is 4.15. The normalized spacial score (nSPS) is 11.7. The molecule has 29 heavy (non-hydrogen) atoms. The van der Waals surface area contributed by atoms with Crippen molar-refractivity contribution < 1.29 is 5.11 Å². The number of nitrogens with two attached hydrogens (primary N) is 2. The van der Waals surface area contributed by atoms with Gasteiger partial charge in [-0.2, -0.15) is 5.10 Å². The number of aryl methyl sites for hydroxylation is 1. The lowest BCUT2D eigenvalue weighted by Crippen LogP contribution is -2.22. The van der Waals surface area contributed by atoms with E-state index in [1.54, 1.807) is 0 Å². The number of hydrogen-bond acceptors (Lipinski definition) is 6. The molecule has 4 rings (SSSR count). The molecular formula is C21H20N6OS. The molecule has 146 valence electrons. The first-order valence-electron chi connectivity index (χ1n) is 8.95. The number of fused-ring (bicyclic) bond motifs is 3. The number of rotatable bonds is 4. The Morgan fingerprint density at radius 2 is 1.83 bits per heavy atom. The number of guanidine groups is 1. The van der Waals surface area contributed by atoms with Gasteiger partial charge in [-0.25, -0.2) is 4.98 Å². The molecule has 0 atom stereocenters. The lowest BCUT2D eigenvalue weighted by molar-refractivity contribution is 0.478. The van der Waals surface area contributed by atoms with Crippen LogP contribution in [-0.4, -0.2) is 21.8 Å². The first-order valence-corrected chi connectivity index (χ1v) is 9.77. The number of thiazole rings is 1. The molecule has 0 amide bonds. The summed E-state index contributed by atoms with van der Waals surface area (Å²) < 4.78 is 0.963. The summed E-state index contributed by atoms with van der Waals surface area (Å²) in [5.74, 6) is 0.218. The largest absolute Gasteiger partial charge is 0.507 e. The maximum Gasteiger partial charge on any atom is 0.211 e. The van der Waals surface area contributed by atoms with Crippen LogP contribution in [0.1, 0.15) is 18.1 Å². The zero-order valence-corrected chi connectivity index (χ0v) is 16.8. The van der Waals surface area contributed by atoms with Gasteiger partial charge in [-0.3, -0.25) is 0 Å². The summed E-state index contributed by atoms with van der Waals surface area (Å²) in [4.78, 5) is 4.78. The van der Waals surface area contributed by atoms with E-state index in [1.807, 2.05) is 62.4 Å². The third kappa shape index (κ3) is 3.57. The number of nitrogens with zero attached hydrogens (tertiary/aromatic N) is 3. The summed E-state index contributed by atoms with van der Waals surface area (Å²) in [6, 6.07) is 15.5. The highest BCUT2D eigenvalue weighted by molar-refractivity contribution is 7.22. The van der Waals surface area contributed by atoms with E-state index in [0.717, 1.165) is 42.9 Å². The number of aromatic hydroxyl groups is 1. The van der Waals surface area contributed by atoms with Crippen LogP contribution in [0.5, 0.6) is 5.75 Å². The first-order chi connectivity index (χ1) is 13.9. The van der Waals surface area contributed by atoms with Crippen LogP contribution in [0.3, 0.4) is 0 Å². The van der Waals surface area contributed by atoms with Crippen molar-refractivity contribution in [1.82, 2.24) is 4.98 Å². The molecule has 0 radical (unpaired) electrons. The third-order valence-electron chi connectivity index (χ3n) is 4.61. The summed E-state index contributed by atoms with van der Waals surface area (Å²) >= 11 is 1.51. The van der Waals surface area contributed by atoms with Crippen LogP contribution in [0.15, 0.2) is 58.7 Å². The number of aromatic nitrogens is 1. The van der Waals surface area contributed by atoms with E-state index in [9.17, 15) is 5.11 Å². The Hall–Kier alpha value is -3.65. The molecule has 6 N–H and O–H groups in total. The molecule has 0 aliphatic carbocycles. The predicted molar refractivity (Wildman–Crippen MR) is 121 cm³/mol. The van der Waals surface area contributed by atoms with Crippen molar-refractivity contribution in [2.75, 3.05) is 5.32 Å².